The number of carbonyl (C=O) groups is 2. The van der Waals surface area contributed by atoms with Crippen LogP contribution in [0.15, 0.2) is 60.0 Å². The first kappa shape index (κ1) is 22.8. The number of amides is 1. The number of nitrogens with zero attached hydrogens (tertiary/aromatic N) is 2. The molecule has 0 saturated carbocycles. The van der Waals surface area contributed by atoms with Gasteiger partial charge in [-0.25, -0.2) is 4.98 Å². The van der Waals surface area contributed by atoms with Crippen LogP contribution >= 0.6 is 22.9 Å². The number of benzene rings is 2. The maximum atomic E-state index is 13.2. The smallest absolute Gasteiger partial charge is 0.310 e. The van der Waals surface area contributed by atoms with Crippen molar-refractivity contribution in [3.8, 4) is 5.75 Å². The van der Waals surface area contributed by atoms with Gasteiger partial charge >= 0.3 is 5.97 Å². The molecule has 162 valence electrons. The van der Waals surface area contributed by atoms with E-state index in [1.54, 1.807) is 41.5 Å². The summed E-state index contributed by atoms with van der Waals surface area (Å²) in [6, 6.07) is 16.7. The summed E-state index contributed by atoms with van der Waals surface area (Å²) in [6.45, 7) is 2.59. The average molecular weight is 459 g/mol. The number of esters is 1. The predicted molar refractivity (Wildman–Crippen MR) is 120 cm³/mol. The van der Waals surface area contributed by atoms with Crippen molar-refractivity contribution in [2.24, 2.45) is 5.92 Å². The lowest BCUT2D eigenvalue weighted by molar-refractivity contribution is -0.145. The van der Waals surface area contributed by atoms with Crippen LogP contribution in [0.25, 0.3) is 0 Å². The molecule has 2 aromatic carbocycles. The van der Waals surface area contributed by atoms with Gasteiger partial charge in [0.1, 0.15) is 23.1 Å². The molecule has 0 bridgehead atoms. The third kappa shape index (κ3) is 6.54. The van der Waals surface area contributed by atoms with E-state index in [1.165, 1.54) is 18.4 Å². The number of ether oxygens (including phenoxy) is 2. The van der Waals surface area contributed by atoms with Gasteiger partial charge in [0.2, 0.25) is 0 Å². The van der Waals surface area contributed by atoms with E-state index in [1.807, 2.05) is 30.3 Å². The zero-order chi connectivity index (χ0) is 22.2. The van der Waals surface area contributed by atoms with E-state index in [0.717, 1.165) is 5.56 Å². The lowest BCUT2D eigenvalue weighted by atomic mass is 10.1. The molecule has 0 spiro atoms. The van der Waals surface area contributed by atoms with Gasteiger partial charge in [-0.3, -0.25) is 9.59 Å². The number of hydrogen-bond donors (Lipinski definition) is 0. The topological polar surface area (TPSA) is 68.7 Å². The standard InChI is InChI=1S/C23H23ClN2O4S/c1-16(23(28)29-2)12-26(13-17-6-4-3-5-7-17)22(27)20-15-31-21(25-20)14-30-19-10-8-18(24)9-11-19/h3-11,15-16H,12-14H2,1-2H3. The fourth-order valence-electron chi connectivity index (χ4n) is 2.94. The molecule has 3 rings (SSSR count). The van der Waals surface area contributed by atoms with Crippen molar-refractivity contribution in [3.05, 3.63) is 81.3 Å². The Balaban J connectivity index is 1.70. The third-order valence-electron chi connectivity index (χ3n) is 4.55. The second-order valence-corrected chi connectivity index (χ2v) is 8.34. The number of hydrogen-bond acceptors (Lipinski definition) is 6. The third-order valence-corrected chi connectivity index (χ3v) is 5.62. The van der Waals surface area contributed by atoms with Crippen LogP contribution in [-0.4, -0.2) is 35.4 Å². The van der Waals surface area contributed by atoms with E-state index in [0.29, 0.717) is 28.0 Å². The molecular formula is C23H23ClN2O4S. The van der Waals surface area contributed by atoms with E-state index in [2.05, 4.69) is 4.98 Å². The van der Waals surface area contributed by atoms with Gasteiger partial charge in [0.05, 0.1) is 13.0 Å². The largest absolute Gasteiger partial charge is 0.486 e. The maximum absolute atomic E-state index is 13.2. The summed E-state index contributed by atoms with van der Waals surface area (Å²) >= 11 is 7.23. The van der Waals surface area contributed by atoms with Crippen LogP contribution in [0.1, 0.15) is 28.0 Å². The summed E-state index contributed by atoms with van der Waals surface area (Å²) in [4.78, 5) is 31.1. The molecule has 8 heteroatoms. The highest BCUT2D eigenvalue weighted by Crippen LogP contribution is 2.20. The molecule has 0 aliphatic carbocycles. The Morgan fingerprint density at radius 3 is 2.52 bits per heavy atom. The van der Waals surface area contributed by atoms with Crippen molar-refractivity contribution in [2.45, 2.75) is 20.1 Å². The highest BCUT2D eigenvalue weighted by Gasteiger charge is 2.24. The molecule has 0 fully saturated rings. The summed E-state index contributed by atoms with van der Waals surface area (Å²) in [5.41, 5.74) is 1.29. The summed E-state index contributed by atoms with van der Waals surface area (Å²) in [6.07, 6.45) is 0. The van der Waals surface area contributed by atoms with Gasteiger partial charge in [0, 0.05) is 23.5 Å². The van der Waals surface area contributed by atoms with E-state index < -0.39 is 5.92 Å². The van der Waals surface area contributed by atoms with Gasteiger partial charge in [-0.1, -0.05) is 48.9 Å². The average Bonchev–Trinajstić information content (AvgIpc) is 3.27. The lowest BCUT2D eigenvalue weighted by Gasteiger charge is -2.24. The summed E-state index contributed by atoms with van der Waals surface area (Å²) in [7, 11) is 1.34. The number of aromatic nitrogens is 1. The Labute approximate surface area is 190 Å². The Hall–Kier alpha value is -2.90. The van der Waals surface area contributed by atoms with Crippen molar-refractivity contribution in [1.29, 1.82) is 0 Å². The molecule has 1 atom stereocenters. The highest BCUT2D eigenvalue weighted by molar-refractivity contribution is 7.09. The number of halogens is 1. The number of methoxy groups -OCH3 is 1. The Morgan fingerprint density at radius 2 is 1.84 bits per heavy atom. The van der Waals surface area contributed by atoms with Crippen LogP contribution in [0.4, 0.5) is 0 Å². The van der Waals surface area contributed by atoms with Crippen LogP contribution in [-0.2, 0) is 22.7 Å². The van der Waals surface area contributed by atoms with Crippen LogP contribution in [0.2, 0.25) is 5.02 Å². The predicted octanol–water partition coefficient (Wildman–Crippen LogP) is 4.83. The number of thiazole rings is 1. The molecule has 0 aliphatic rings. The summed E-state index contributed by atoms with van der Waals surface area (Å²) in [5.74, 6) is -0.385. The highest BCUT2D eigenvalue weighted by atomic mass is 35.5. The van der Waals surface area contributed by atoms with Crippen LogP contribution in [0.5, 0.6) is 5.75 Å². The van der Waals surface area contributed by atoms with Crippen molar-refractivity contribution < 1.29 is 19.1 Å². The first-order valence-corrected chi connectivity index (χ1v) is 11.0. The van der Waals surface area contributed by atoms with Crippen molar-refractivity contribution >= 4 is 34.8 Å². The molecule has 1 unspecified atom stereocenters. The molecule has 31 heavy (non-hydrogen) atoms. The summed E-state index contributed by atoms with van der Waals surface area (Å²) in [5, 5.41) is 3.03. The first-order chi connectivity index (χ1) is 15.0. The zero-order valence-electron chi connectivity index (χ0n) is 17.3. The van der Waals surface area contributed by atoms with Crippen LogP contribution < -0.4 is 4.74 Å². The van der Waals surface area contributed by atoms with Crippen molar-refractivity contribution in [1.82, 2.24) is 9.88 Å². The van der Waals surface area contributed by atoms with E-state index in [4.69, 9.17) is 21.1 Å². The van der Waals surface area contributed by atoms with Crippen molar-refractivity contribution in [2.75, 3.05) is 13.7 Å². The van der Waals surface area contributed by atoms with Gasteiger partial charge < -0.3 is 14.4 Å². The maximum Gasteiger partial charge on any atom is 0.310 e. The molecule has 0 radical (unpaired) electrons. The molecule has 3 aromatic rings. The fraction of sp³-hybridized carbons (Fsp3) is 0.261. The minimum Gasteiger partial charge on any atom is -0.486 e. The molecule has 1 heterocycles. The zero-order valence-corrected chi connectivity index (χ0v) is 18.9. The molecule has 1 aromatic heterocycles. The van der Waals surface area contributed by atoms with Gasteiger partial charge in [0.25, 0.3) is 5.91 Å². The van der Waals surface area contributed by atoms with Gasteiger partial charge in [-0.05, 0) is 29.8 Å². The van der Waals surface area contributed by atoms with Gasteiger partial charge in [0.15, 0.2) is 0 Å². The monoisotopic (exact) mass is 458 g/mol. The minimum absolute atomic E-state index is 0.231. The normalized spacial score (nSPS) is 11.6. The molecule has 0 aliphatic heterocycles. The quantitative estimate of drug-likeness (QED) is 0.430. The first-order valence-electron chi connectivity index (χ1n) is 9.70. The Morgan fingerprint density at radius 1 is 1.13 bits per heavy atom. The van der Waals surface area contributed by atoms with E-state index in [9.17, 15) is 9.59 Å². The number of carbonyl (C=O) groups excluding carboxylic acids is 2. The SMILES string of the molecule is COC(=O)C(C)CN(Cc1ccccc1)C(=O)c1csc(COc2ccc(Cl)cc2)n1. The Kier molecular flexibility index (Phi) is 8.03. The summed E-state index contributed by atoms with van der Waals surface area (Å²) < 4.78 is 10.5. The van der Waals surface area contributed by atoms with Crippen molar-refractivity contribution in [3.63, 3.8) is 0 Å². The molecule has 0 N–H and O–H groups in total. The molecular weight excluding hydrogens is 436 g/mol. The second kappa shape index (κ2) is 10.9. The number of rotatable bonds is 9. The molecule has 1 amide bonds. The van der Waals surface area contributed by atoms with Crippen LogP contribution in [0.3, 0.4) is 0 Å². The van der Waals surface area contributed by atoms with Gasteiger partial charge in [-0.2, -0.15) is 0 Å². The van der Waals surface area contributed by atoms with E-state index >= 15 is 0 Å². The van der Waals surface area contributed by atoms with Gasteiger partial charge in [-0.15, -0.1) is 11.3 Å². The van der Waals surface area contributed by atoms with E-state index in [-0.39, 0.29) is 25.0 Å². The molecule has 0 saturated heterocycles. The van der Waals surface area contributed by atoms with Crippen LogP contribution in [0, 0.1) is 5.92 Å². The lowest BCUT2D eigenvalue weighted by Crippen LogP contribution is -2.37. The minimum atomic E-state index is -0.455. The fourth-order valence-corrected chi connectivity index (χ4v) is 3.75. The second-order valence-electron chi connectivity index (χ2n) is 6.96. The molecule has 6 nitrogen and oxygen atoms in total. The Bertz CT molecular complexity index is 1010.